The third-order valence-corrected chi connectivity index (χ3v) is 2.62. The molecule has 0 bridgehead atoms. The van der Waals surface area contributed by atoms with Crippen molar-refractivity contribution in [2.75, 3.05) is 0 Å². The van der Waals surface area contributed by atoms with E-state index in [2.05, 4.69) is 15.0 Å². The Morgan fingerprint density at radius 3 is 2.69 bits per heavy atom. The molecule has 2 heterocycles. The Morgan fingerprint density at radius 2 is 1.88 bits per heavy atom. The normalized spacial score (nSPS) is 10.8. The lowest BCUT2D eigenvalue weighted by molar-refractivity contribution is 1.16. The molecule has 3 aromatic rings. The van der Waals surface area contributed by atoms with Gasteiger partial charge < -0.3 is 4.98 Å². The molecule has 0 radical (unpaired) electrons. The smallest absolute Gasteiger partial charge is 0.175 e. The number of aromatic amines is 1. The Labute approximate surface area is 97.1 Å². The number of nitrogens with one attached hydrogen (secondary N) is 1. The van der Waals surface area contributed by atoms with Crippen LogP contribution >= 0.6 is 11.6 Å². The third-order valence-electron chi connectivity index (χ3n) is 2.39. The maximum absolute atomic E-state index is 5.93. The van der Waals surface area contributed by atoms with E-state index in [0.717, 1.165) is 21.6 Å². The van der Waals surface area contributed by atoms with E-state index in [1.54, 1.807) is 18.5 Å². The molecule has 0 spiro atoms. The lowest BCUT2D eigenvalue weighted by Crippen LogP contribution is -1.85. The van der Waals surface area contributed by atoms with Crippen molar-refractivity contribution < 1.29 is 0 Å². The van der Waals surface area contributed by atoms with Crippen LogP contribution in [0.25, 0.3) is 22.4 Å². The lowest BCUT2D eigenvalue weighted by Gasteiger charge is -1.92. The molecule has 0 aliphatic heterocycles. The van der Waals surface area contributed by atoms with Gasteiger partial charge in [-0.05, 0) is 30.3 Å². The van der Waals surface area contributed by atoms with Crippen LogP contribution in [0.3, 0.4) is 0 Å². The molecule has 3 nitrogen and oxygen atoms in total. The second-order valence-corrected chi connectivity index (χ2v) is 3.92. The van der Waals surface area contributed by atoms with Gasteiger partial charge in [0.05, 0.1) is 5.69 Å². The van der Waals surface area contributed by atoms with Crippen molar-refractivity contribution in [1.82, 2.24) is 15.0 Å². The second-order valence-electron chi connectivity index (χ2n) is 3.49. The van der Waals surface area contributed by atoms with E-state index < -0.39 is 0 Å². The predicted molar refractivity (Wildman–Crippen MR) is 64.3 cm³/mol. The van der Waals surface area contributed by atoms with Gasteiger partial charge in [-0.2, -0.15) is 0 Å². The van der Waals surface area contributed by atoms with Crippen LogP contribution in [0.1, 0.15) is 0 Å². The highest BCUT2D eigenvalue weighted by Crippen LogP contribution is 2.23. The van der Waals surface area contributed by atoms with E-state index >= 15 is 0 Å². The van der Waals surface area contributed by atoms with Crippen molar-refractivity contribution >= 4 is 22.5 Å². The van der Waals surface area contributed by atoms with Gasteiger partial charge in [0.15, 0.2) is 5.82 Å². The largest absolute Gasteiger partial charge is 0.352 e. The number of aromatic nitrogens is 3. The van der Waals surface area contributed by atoms with Crippen LogP contribution in [0.5, 0.6) is 0 Å². The fourth-order valence-corrected chi connectivity index (χ4v) is 1.84. The monoisotopic (exact) mass is 229 g/mol. The first-order valence-corrected chi connectivity index (χ1v) is 5.26. The Bertz CT molecular complexity index is 631. The van der Waals surface area contributed by atoms with Gasteiger partial charge in [0.2, 0.25) is 0 Å². The van der Waals surface area contributed by atoms with Gasteiger partial charge >= 0.3 is 0 Å². The first kappa shape index (κ1) is 9.36. The number of benzene rings is 1. The summed E-state index contributed by atoms with van der Waals surface area (Å²) >= 11 is 5.93. The van der Waals surface area contributed by atoms with Crippen LogP contribution < -0.4 is 0 Å². The average molecular weight is 230 g/mol. The van der Waals surface area contributed by atoms with Crippen molar-refractivity contribution in [3.8, 4) is 11.5 Å². The van der Waals surface area contributed by atoms with Crippen molar-refractivity contribution in [1.29, 1.82) is 0 Å². The molecule has 4 heteroatoms. The van der Waals surface area contributed by atoms with Crippen LogP contribution in [-0.4, -0.2) is 15.0 Å². The number of halogens is 1. The number of rotatable bonds is 1. The minimum atomic E-state index is 0.690. The predicted octanol–water partition coefficient (Wildman–Crippen LogP) is 3.28. The topological polar surface area (TPSA) is 41.6 Å². The van der Waals surface area contributed by atoms with E-state index in [4.69, 9.17) is 11.6 Å². The average Bonchev–Trinajstić information content (AvgIpc) is 2.73. The van der Waals surface area contributed by atoms with Crippen LogP contribution in [0.2, 0.25) is 5.02 Å². The summed E-state index contributed by atoms with van der Waals surface area (Å²) in [5, 5.41) is 1.79. The fourth-order valence-electron chi connectivity index (χ4n) is 1.66. The zero-order valence-electron chi connectivity index (χ0n) is 8.31. The van der Waals surface area contributed by atoms with E-state index in [1.807, 2.05) is 24.3 Å². The molecule has 0 aliphatic carbocycles. The van der Waals surface area contributed by atoms with Gasteiger partial charge in [0.25, 0.3) is 0 Å². The molecule has 2 aromatic heterocycles. The Hall–Kier alpha value is -1.87. The molecule has 0 atom stereocenters. The molecule has 0 fully saturated rings. The Morgan fingerprint density at radius 1 is 1.06 bits per heavy atom. The third kappa shape index (κ3) is 1.55. The van der Waals surface area contributed by atoms with Crippen molar-refractivity contribution in [3.63, 3.8) is 0 Å². The molecule has 0 saturated carbocycles. The van der Waals surface area contributed by atoms with Gasteiger partial charge in [-0.1, -0.05) is 11.6 Å². The number of nitrogens with zero attached hydrogens (tertiary/aromatic N) is 2. The molecule has 1 N–H and O–H groups in total. The summed E-state index contributed by atoms with van der Waals surface area (Å²) in [5.74, 6) is 0.690. The summed E-state index contributed by atoms with van der Waals surface area (Å²) in [5.41, 5.74) is 1.93. The van der Waals surface area contributed by atoms with Gasteiger partial charge in [-0.3, -0.25) is 0 Å². The SMILES string of the molecule is Clc1ccc2[nH]c(-c3ncccn3)cc2c1. The second kappa shape index (κ2) is 3.61. The van der Waals surface area contributed by atoms with E-state index in [-0.39, 0.29) is 0 Å². The van der Waals surface area contributed by atoms with Gasteiger partial charge in [0, 0.05) is 28.3 Å². The summed E-state index contributed by atoms with van der Waals surface area (Å²) in [6.07, 6.45) is 3.45. The zero-order chi connectivity index (χ0) is 11.0. The first-order valence-electron chi connectivity index (χ1n) is 4.88. The molecule has 0 aliphatic rings. The summed E-state index contributed by atoms with van der Waals surface area (Å²) in [6, 6.07) is 9.51. The van der Waals surface area contributed by atoms with E-state index in [9.17, 15) is 0 Å². The quantitative estimate of drug-likeness (QED) is 0.696. The summed E-state index contributed by atoms with van der Waals surface area (Å²) in [6.45, 7) is 0. The van der Waals surface area contributed by atoms with Crippen molar-refractivity contribution in [2.24, 2.45) is 0 Å². The van der Waals surface area contributed by atoms with Crippen molar-refractivity contribution in [3.05, 3.63) is 47.7 Å². The minimum Gasteiger partial charge on any atom is -0.352 e. The van der Waals surface area contributed by atoms with Crippen LogP contribution in [0.15, 0.2) is 42.7 Å². The van der Waals surface area contributed by atoms with Crippen molar-refractivity contribution in [2.45, 2.75) is 0 Å². The molecule has 0 unspecified atom stereocenters. The Kier molecular flexibility index (Phi) is 2.11. The van der Waals surface area contributed by atoms with Gasteiger partial charge in [-0.25, -0.2) is 9.97 Å². The van der Waals surface area contributed by atoms with Crippen LogP contribution in [-0.2, 0) is 0 Å². The summed E-state index contributed by atoms with van der Waals surface area (Å²) < 4.78 is 0. The summed E-state index contributed by atoms with van der Waals surface area (Å²) in [7, 11) is 0. The molecular weight excluding hydrogens is 222 g/mol. The fraction of sp³-hybridized carbons (Fsp3) is 0. The highest BCUT2D eigenvalue weighted by molar-refractivity contribution is 6.31. The first-order chi connectivity index (χ1) is 7.83. The molecular formula is C12H8ClN3. The van der Waals surface area contributed by atoms with Gasteiger partial charge in [0.1, 0.15) is 0 Å². The standard InChI is InChI=1S/C12H8ClN3/c13-9-2-3-10-8(6-9)7-11(16-10)12-14-4-1-5-15-12/h1-7,16H. The number of hydrogen-bond acceptors (Lipinski definition) is 2. The maximum Gasteiger partial charge on any atom is 0.175 e. The summed E-state index contributed by atoms with van der Waals surface area (Å²) in [4.78, 5) is 11.6. The van der Waals surface area contributed by atoms with E-state index in [0.29, 0.717) is 5.82 Å². The number of hydrogen-bond donors (Lipinski definition) is 1. The van der Waals surface area contributed by atoms with Crippen LogP contribution in [0.4, 0.5) is 0 Å². The number of fused-ring (bicyclic) bond motifs is 1. The number of H-pyrrole nitrogens is 1. The van der Waals surface area contributed by atoms with Gasteiger partial charge in [-0.15, -0.1) is 0 Å². The molecule has 78 valence electrons. The molecule has 0 saturated heterocycles. The molecule has 1 aromatic carbocycles. The lowest BCUT2D eigenvalue weighted by atomic mass is 10.2. The van der Waals surface area contributed by atoms with Crippen LogP contribution in [0, 0.1) is 0 Å². The zero-order valence-corrected chi connectivity index (χ0v) is 9.07. The highest BCUT2D eigenvalue weighted by atomic mass is 35.5. The molecule has 3 rings (SSSR count). The molecule has 0 amide bonds. The highest BCUT2D eigenvalue weighted by Gasteiger charge is 2.05. The maximum atomic E-state index is 5.93. The minimum absolute atomic E-state index is 0.690. The molecule has 16 heavy (non-hydrogen) atoms. The van der Waals surface area contributed by atoms with E-state index in [1.165, 1.54) is 0 Å². The Balaban J connectivity index is 2.19.